The Balaban J connectivity index is 1.49. The monoisotopic (exact) mass is 427 g/mol. The van der Waals surface area contributed by atoms with Crippen LogP contribution in [0.25, 0.3) is 0 Å². The van der Waals surface area contributed by atoms with Crippen molar-refractivity contribution in [2.45, 2.75) is 32.3 Å². The summed E-state index contributed by atoms with van der Waals surface area (Å²) in [6.07, 6.45) is -0.240. The molecule has 1 aliphatic rings. The number of benzene rings is 2. The van der Waals surface area contributed by atoms with Gasteiger partial charge in [0, 0.05) is 19.4 Å². The lowest BCUT2D eigenvalue weighted by atomic mass is 10.1. The zero-order valence-electron chi connectivity index (χ0n) is 16.9. The lowest BCUT2D eigenvalue weighted by Gasteiger charge is -2.27. The second-order valence-electron chi connectivity index (χ2n) is 7.03. The molecule has 2 aromatic carbocycles. The molecular formula is C22H22FN3O5. The molecule has 2 aromatic rings. The number of hydrogen-bond acceptors (Lipinski definition) is 5. The number of hydrazine groups is 1. The lowest BCUT2D eigenvalue weighted by Crippen LogP contribution is -2.50. The molecule has 0 saturated carbocycles. The SMILES string of the molecule is CC(OC(=O)c1ccc(N2NC(=O)CCC2=O)cc1)C(=O)NCCc1ccc(F)cc1. The number of anilines is 1. The second kappa shape index (κ2) is 9.84. The molecule has 1 saturated heterocycles. The first-order chi connectivity index (χ1) is 14.8. The maximum Gasteiger partial charge on any atom is 0.338 e. The third-order valence-corrected chi connectivity index (χ3v) is 4.69. The normalized spacial score (nSPS) is 14.6. The molecule has 9 heteroatoms. The van der Waals surface area contributed by atoms with E-state index in [0.717, 1.165) is 10.6 Å². The van der Waals surface area contributed by atoms with Crippen LogP contribution in [0.5, 0.6) is 0 Å². The van der Waals surface area contributed by atoms with Gasteiger partial charge < -0.3 is 10.1 Å². The van der Waals surface area contributed by atoms with Gasteiger partial charge in [0.15, 0.2) is 6.10 Å². The Kier molecular flexibility index (Phi) is 6.96. The molecule has 0 radical (unpaired) electrons. The molecule has 1 fully saturated rings. The number of rotatable bonds is 7. The Hall–Kier alpha value is -3.75. The first kappa shape index (κ1) is 21.9. The van der Waals surface area contributed by atoms with Crippen LogP contribution >= 0.6 is 0 Å². The van der Waals surface area contributed by atoms with Crippen LogP contribution in [0, 0.1) is 5.82 Å². The molecule has 1 unspecified atom stereocenters. The zero-order valence-corrected chi connectivity index (χ0v) is 16.9. The summed E-state index contributed by atoms with van der Waals surface area (Å²) >= 11 is 0. The average Bonchev–Trinajstić information content (AvgIpc) is 2.76. The van der Waals surface area contributed by atoms with E-state index in [1.165, 1.54) is 43.3 Å². The molecule has 0 spiro atoms. The molecule has 0 aliphatic carbocycles. The van der Waals surface area contributed by atoms with E-state index >= 15 is 0 Å². The highest BCUT2D eigenvalue weighted by Gasteiger charge is 2.25. The smallest absolute Gasteiger partial charge is 0.338 e. The van der Waals surface area contributed by atoms with Crippen LogP contribution in [0.3, 0.4) is 0 Å². The second-order valence-corrected chi connectivity index (χ2v) is 7.03. The largest absolute Gasteiger partial charge is 0.449 e. The number of carbonyl (C=O) groups is 4. The van der Waals surface area contributed by atoms with Crippen molar-refractivity contribution in [2.24, 2.45) is 0 Å². The number of amides is 3. The zero-order chi connectivity index (χ0) is 22.4. The standard InChI is InChI=1S/C22H22FN3O5/c1-14(21(29)24-13-12-15-2-6-17(23)7-3-15)31-22(30)16-4-8-18(9-5-16)26-20(28)11-10-19(27)25-26/h2-9,14H,10-13H2,1H3,(H,24,29)(H,25,27). The van der Waals surface area contributed by atoms with Crippen LogP contribution < -0.4 is 15.8 Å². The summed E-state index contributed by atoms with van der Waals surface area (Å²) in [5.41, 5.74) is 3.96. The molecule has 162 valence electrons. The fraction of sp³-hybridized carbons (Fsp3) is 0.273. The third kappa shape index (κ3) is 5.88. The van der Waals surface area contributed by atoms with E-state index in [2.05, 4.69) is 10.7 Å². The molecular weight excluding hydrogens is 405 g/mol. The molecule has 8 nitrogen and oxygen atoms in total. The van der Waals surface area contributed by atoms with Gasteiger partial charge in [-0.2, -0.15) is 0 Å². The Bertz CT molecular complexity index is 976. The van der Waals surface area contributed by atoms with Gasteiger partial charge in [0.05, 0.1) is 11.3 Å². The van der Waals surface area contributed by atoms with Crippen LogP contribution in [0.15, 0.2) is 48.5 Å². The first-order valence-electron chi connectivity index (χ1n) is 9.79. The van der Waals surface area contributed by atoms with Gasteiger partial charge >= 0.3 is 5.97 Å². The minimum atomic E-state index is -1.01. The van der Waals surface area contributed by atoms with Gasteiger partial charge in [0.25, 0.3) is 5.91 Å². The maximum absolute atomic E-state index is 12.9. The minimum Gasteiger partial charge on any atom is -0.449 e. The summed E-state index contributed by atoms with van der Waals surface area (Å²) in [5.74, 6) is -1.98. The number of halogens is 1. The first-order valence-corrected chi connectivity index (χ1v) is 9.79. The molecule has 3 amide bonds. The Morgan fingerprint density at radius 1 is 1.10 bits per heavy atom. The van der Waals surface area contributed by atoms with Crippen LogP contribution in [-0.2, 0) is 25.5 Å². The molecule has 1 heterocycles. The fourth-order valence-corrected chi connectivity index (χ4v) is 2.94. The van der Waals surface area contributed by atoms with Crippen LogP contribution in [0.1, 0.15) is 35.7 Å². The average molecular weight is 427 g/mol. The fourth-order valence-electron chi connectivity index (χ4n) is 2.94. The van der Waals surface area contributed by atoms with E-state index in [9.17, 15) is 23.6 Å². The van der Waals surface area contributed by atoms with Crippen molar-refractivity contribution >= 4 is 29.4 Å². The molecule has 0 aromatic heterocycles. The summed E-state index contributed by atoms with van der Waals surface area (Å²) in [6.45, 7) is 1.78. The topological polar surface area (TPSA) is 105 Å². The van der Waals surface area contributed by atoms with Gasteiger partial charge in [0.2, 0.25) is 11.8 Å². The Morgan fingerprint density at radius 2 is 1.77 bits per heavy atom. The van der Waals surface area contributed by atoms with Gasteiger partial charge in [-0.25, -0.2) is 14.2 Å². The Labute approximate surface area is 178 Å². The van der Waals surface area contributed by atoms with Gasteiger partial charge in [0.1, 0.15) is 5.82 Å². The van der Waals surface area contributed by atoms with Gasteiger partial charge in [-0.05, 0) is 55.3 Å². The highest BCUT2D eigenvalue weighted by molar-refractivity contribution is 6.01. The molecule has 1 aliphatic heterocycles. The quantitative estimate of drug-likeness (QED) is 0.657. The highest BCUT2D eigenvalue weighted by atomic mass is 19.1. The molecule has 31 heavy (non-hydrogen) atoms. The summed E-state index contributed by atoms with van der Waals surface area (Å²) in [7, 11) is 0. The number of nitrogens with one attached hydrogen (secondary N) is 2. The van der Waals surface area contributed by atoms with Gasteiger partial charge in [-0.1, -0.05) is 12.1 Å². The van der Waals surface area contributed by atoms with Crippen molar-refractivity contribution in [1.29, 1.82) is 0 Å². The summed E-state index contributed by atoms with van der Waals surface area (Å²) in [6, 6.07) is 11.9. The van der Waals surface area contributed by atoms with Crippen LogP contribution in [-0.4, -0.2) is 36.3 Å². The van der Waals surface area contributed by atoms with Crippen LogP contribution in [0.4, 0.5) is 10.1 Å². The lowest BCUT2D eigenvalue weighted by molar-refractivity contribution is -0.130. The van der Waals surface area contributed by atoms with Gasteiger partial charge in [-0.3, -0.25) is 19.8 Å². The van der Waals surface area contributed by atoms with E-state index < -0.39 is 18.0 Å². The van der Waals surface area contributed by atoms with Crippen molar-refractivity contribution in [1.82, 2.24) is 10.7 Å². The molecule has 0 bridgehead atoms. The summed E-state index contributed by atoms with van der Waals surface area (Å²) < 4.78 is 18.1. The molecule has 1 atom stereocenters. The number of hydrogen-bond donors (Lipinski definition) is 2. The van der Waals surface area contributed by atoms with E-state index in [-0.39, 0.29) is 36.0 Å². The van der Waals surface area contributed by atoms with Crippen molar-refractivity contribution in [3.05, 3.63) is 65.5 Å². The van der Waals surface area contributed by atoms with Gasteiger partial charge in [-0.15, -0.1) is 0 Å². The summed E-state index contributed by atoms with van der Waals surface area (Å²) in [5, 5.41) is 3.81. The predicted molar refractivity (Wildman–Crippen MR) is 109 cm³/mol. The van der Waals surface area contributed by atoms with E-state index in [1.54, 1.807) is 12.1 Å². The van der Waals surface area contributed by atoms with Crippen molar-refractivity contribution in [3.8, 4) is 0 Å². The predicted octanol–water partition coefficient (Wildman–Crippen LogP) is 1.89. The number of ether oxygens (including phenoxy) is 1. The molecule has 2 N–H and O–H groups in total. The highest BCUT2D eigenvalue weighted by Crippen LogP contribution is 2.18. The minimum absolute atomic E-state index is 0.114. The van der Waals surface area contributed by atoms with E-state index in [4.69, 9.17) is 4.74 Å². The number of carbonyl (C=O) groups excluding carboxylic acids is 4. The summed E-state index contributed by atoms with van der Waals surface area (Å²) in [4.78, 5) is 47.9. The third-order valence-electron chi connectivity index (χ3n) is 4.69. The van der Waals surface area contributed by atoms with Crippen molar-refractivity contribution < 1.29 is 28.3 Å². The van der Waals surface area contributed by atoms with Crippen molar-refractivity contribution in [2.75, 3.05) is 11.6 Å². The van der Waals surface area contributed by atoms with E-state index in [0.29, 0.717) is 18.7 Å². The molecule has 3 rings (SSSR count). The van der Waals surface area contributed by atoms with Crippen LogP contribution in [0.2, 0.25) is 0 Å². The maximum atomic E-state index is 12.9. The Morgan fingerprint density at radius 3 is 2.45 bits per heavy atom. The number of nitrogens with zero attached hydrogens (tertiary/aromatic N) is 1. The number of esters is 1. The van der Waals surface area contributed by atoms with Crippen molar-refractivity contribution in [3.63, 3.8) is 0 Å². The van der Waals surface area contributed by atoms with E-state index in [1.807, 2.05) is 0 Å².